The van der Waals surface area contributed by atoms with E-state index < -0.39 is 0 Å². The van der Waals surface area contributed by atoms with E-state index in [1.807, 2.05) is 30.3 Å². The zero-order valence-electron chi connectivity index (χ0n) is 17.2. The van der Waals surface area contributed by atoms with Crippen molar-refractivity contribution in [3.63, 3.8) is 0 Å². The molecule has 0 saturated heterocycles. The highest BCUT2D eigenvalue weighted by Gasteiger charge is 2.12. The van der Waals surface area contributed by atoms with Gasteiger partial charge in [0.15, 0.2) is 0 Å². The lowest BCUT2D eigenvalue weighted by Gasteiger charge is -2.24. The maximum atomic E-state index is 13.2. The molecule has 3 nitrogen and oxygen atoms in total. The molecule has 3 rings (SSSR count). The van der Waals surface area contributed by atoms with Gasteiger partial charge < -0.3 is 4.57 Å². The van der Waals surface area contributed by atoms with Crippen LogP contribution in [0.4, 0.5) is 4.39 Å². The molecule has 0 radical (unpaired) electrons. The smallest absolute Gasteiger partial charge is 0.123 e. The number of hydrogen-bond acceptors (Lipinski definition) is 2. The van der Waals surface area contributed by atoms with Crippen molar-refractivity contribution < 1.29 is 4.39 Å². The Morgan fingerprint density at radius 3 is 2.52 bits per heavy atom. The molecule has 0 aliphatic carbocycles. The standard InChI is InChI=1S/C25H28FN3/c1-20(2)12-14-28(17-23-6-3-5-22(15-23)16-27)19-25-7-4-13-29(25)18-21-8-10-24(26)11-9-21/h3-11,13,15,20H,12,14,17-19H2,1-2H3. The molecule has 0 atom stereocenters. The van der Waals surface area contributed by atoms with Crippen LogP contribution in [0.15, 0.2) is 66.9 Å². The van der Waals surface area contributed by atoms with Crippen LogP contribution in [0, 0.1) is 23.1 Å². The fraction of sp³-hybridized carbons (Fsp3) is 0.320. The third-order valence-electron chi connectivity index (χ3n) is 5.06. The molecular formula is C25H28FN3. The lowest BCUT2D eigenvalue weighted by Crippen LogP contribution is -2.26. The van der Waals surface area contributed by atoms with Crippen LogP contribution in [0.1, 0.15) is 42.7 Å². The molecule has 4 heteroatoms. The maximum absolute atomic E-state index is 13.2. The van der Waals surface area contributed by atoms with E-state index in [-0.39, 0.29) is 5.82 Å². The molecule has 29 heavy (non-hydrogen) atoms. The summed E-state index contributed by atoms with van der Waals surface area (Å²) in [6, 6.07) is 21.0. The zero-order chi connectivity index (χ0) is 20.6. The molecule has 0 saturated carbocycles. The van der Waals surface area contributed by atoms with Crippen molar-refractivity contribution in [3.8, 4) is 6.07 Å². The minimum Gasteiger partial charge on any atom is -0.346 e. The van der Waals surface area contributed by atoms with Crippen LogP contribution in [0.2, 0.25) is 0 Å². The van der Waals surface area contributed by atoms with Gasteiger partial charge >= 0.3 is 0 Å². The average molecular weight is 390 g/mol. The van der Waals surface area contributed by atoms with Crippen LogP contribution in [-0.2, 0) is 19.6 Å². The van der Waals surface area contributed by atoms with Crippen LogP contribution < -0.4 is 0 Å². The second-order valence-electron chi connectivity index (χ2n) is 7.96. The second-order valence-corrected chi connectivity index (χ2v) is 7.96. The summed E-state index contributed by atoms with van der Waals surface area (Å²) in [5.41, 5.74) is 4.17. The molecule has 0 aliphatic rings. The van der Waals surface area contributed by atoms with Gasteiger partial charge in [-0.05, 0) is 66.4 Å². The van der Waals surface area contributed by atoms with Crippen LogP contribution >= 0.6 is 0 Å². The molecule has 1 heterocycles. The van der Waals surface area contributed by atoms with E-state index in [2.05, 4.69) is 53.8 Å². The van der Waals surface area contributed by atoms with Gasteiger partial charge in [-0.25, -0.2) is 4.39 Å². The summed E-state index contributed by atoms with van der Waals surface area (Å²) in [4.78, 5) is 2.44. The predicted octanol–water partition coefficient (Wildman–Crippen LogP) is 5.60. The highest BCUT2D eigenvalue weighted by atomic mass is 19.1. The largest absolute Gasteiger partial charge is 0.346 e. The molecule has 2 aromatic carbocycles. The van der Waals surface area contributed by atoms with E-state index in [1.165, 1.54) is 17.8 Å². The van der Waals surface area contributed by atoms with Gasteiger partial charge in [0.2, 0.25) is 0 Å². The van der Waals surface area contributed by atoms with Crippen LogP contribution in [0.3, 0.4) is 0 Å². The molecule has 150 valence electrons. The molecule has 0 fully saturated rings. The van der Waals surface area contributed by atoms with Gasteiger partial charge in [-0.1, -0.05) is 38.1 Å². The van der Waals surface area contributed by atoms with Gasteiger partial charge in [-0.2, -0.15) is 5.26 Å². The Labute approximate surface area is 173 Å². The van der Waals surface area contributed by atoms with E-state index in [1.54, 1.807) is 0 Å². The Balaban J connectivity index is 1.74. The fourth-order valence-electron chi connectivity index (χ4n) is 3.42. The Morgan fingerprint density at radius 1 is 1.00 bits per heavy atom. The molecule has 0 bridgehead atoms. The Hall–Kier alpha value is -2.90. The van der Waals surface area contributed by atoms with E-state index in [9.17, 15) is 9.65 Å². The molecule has 1 aromatic heterocycles. The summed E-state index contributed by atoms with van der Waals surface area (Å²) < 4.78 is 15.4. The Kier molecular flexibility index (Phi) is 7.21. The van der Waals surface area contributed by atoms with E-state index in [0.29, 0.717) is 11.5 Å². The van der Waals surface area contributed by atoms with Gasteiger partial charge in [0, 0.05) is 31.5 Å². The number of rotatable bonds is 9. The third kappa shape index (κ3) is 6.30. The highest BCUT2D eigenvalue weighted by molar-refractivity contribution is 5.32. The van der Waals surface area contributed by atoms with Gasteiger partial charge in [0.05, 0.1) is 11.6 Å². The SMILES string of the molecule is CC(C)CCN(Cc1cccc(C#N)c1)Cc1cccn1Cc1ccc(F)cc1. The lowest BCUT2D eigenvalue weighted by molar-refractivity contribution is 0.235. The maximum Gasteiger partial charge on any atom is 0.123 e. The zero-order valence-corrected chi connectivity index (χ0v) is 17.2. The van der Waals surface area contributed by atoms with Gasteiger partial charge in [0.1, 0.15) is 5.82 Å². The number of nitriles is 1. The van der Waals surface area contributed by atoms with E-state index >= 15 is 0 Å². The van der Waals surface area contributed by atoms with Gasteiger partial charge in [-0.15, -0.1) is 0 Å². The van der Waals surface area contributed by atoms with Gasteiger partial charge in [-0.3, -0.25) is 4.90 Å². The molecule has 0 N–H and O–H groups in total. The number of hydrogen-bond donors (Lipinski definition) is 0. The number of halogens is 1. The summed E-state index contributed by atoms with van der Waals surface area (Å²) in [6.45, 7) is 7.85. The first-order valence-electron chi connectivity index (χ1n) is 10.1. The number of aromatic nitrogens is 1. The van der Waals surface area contributed by atoms with E-state index in [4.69, 9.17) is 0 Å². The normalized spacial score (nSPS) is 11.2. The quantitative estimate of drug-likeness (QED) is 0.477. The first-order valence-corrected chi connectivity index (χ1v) is 10.1. The van der Waals surface area contributed by atoms with Crippen LogP contribution in [0.25, 0.3) is 0 Å². The second kappa shape index (κ2) is 10.0. The number of nitrogens with zero attached hydrogens (tertiary/aromatic N) is 3. The van der Waals surface area contributed by atoms with Crippen molar-refractivity contribution in [1.82, 2.24) is 9.47 Å². The molecule has 0 spiro atoms. The monoisotopic (exact) mass is 389 g/mol. The van der Waals surface area contributed by atoms with Crippen molar-refractivity contribution in [2.75, 3.05) is 6.54 Å². The topological polar surface area (TPSA) is 32.0 Å². The van der Waals surface area contributed by atoms with Crippen molar-refractivity contribution in [2.24, 2.45) is 5.92 Å². The predicted molar refractivity (Wildman–Crippen MR) is 115 cm³/mol. The molecular weight excluding hydrogens is 361 g/mol. The summed E-state index contributed by atoms with van der Waals surface area (Å²) in [5.74, 6) is 0.426. The molecule has 0 aliphatic heterocycles. The first-order chi connectivity index (χ1) is 14.0. The van der Waals surface area contributed by atoms with E-state index in [0.717, 1.165) is 43.7 Å². The lowest BCUT2D eigenvalue weighted by atomic mass is 10.1. The minimum absolute atomic E-state index is 0.207. The summed E-state index contributed by atoms with van der Waals surface area (Å²) in [5, 5.41) is 9.18. The molecule has 0 unspecified atom stereocenters. The average Bonchev–Trinajstić information content (AvgIpc) is 3.14. The van der Waals surface area contributed by atoms with Crippen LogP contribution in [0.5, 0.6) is 0 Å². The summed E-state index contributed by atoms with van der Waals surface area (Å²) in [7, 11) is 0. The summed E-state index contributed by atoms with van der Waals surface area (Å²) >= 11 is 0. The van der Waals surface area contributed by atoms with Crippen molar-refractivity contribution in [1.29, 1.82) is 5.26 Å². The minimum atomic E-state index is -0.207. The van der Waals surface area contributed by atoms with Crippen molar-refractivity contribution in [2.45, 2.75) is 39.9 Å². The van der Waals surface area contributed by atoms with Crippen molar-refractivity contribution in [3.05, 3.63) is 95.1 Å². The van der Waals surface area contributed by atoms with Crippen molar-refractivity contribution >= 4 is 0 Å². The number of benzene rings is 2. The fourth-order valence-corrected chi connectivity index (χ4v) is 3.42. The van der Waals surface area contributed by atoms with Gasteiger partial charge in [0.25, 0.3) is 0 Å². The molecule has 3 aromatic rings. The third-order valence-corrected chi connectivity index (χ3v) is 5.06. The highest BCUT2D eigenvalue weighted by Crippen LogP contribution is 2.16. The molecule has 0 amide bonds. The summed E-state index contributed by atoms with van der Waals surface area (Å²) in [6.07, 6.45) is 3.20. The van der Waals surface area contributed by atoms with Crippen LogP contribution in [-0.4, -0.2) is 16.0 Å². The first kappa shape index (κ1) is 20.8. The Morgan fingerprint density at radius 2 is 1.79 bits per heavy atom. The Bertz CT molecular complexity index is 951.